The van der Waals surface area contributed by atoms with E-state index in [4.69, 9.17) is 11.0 Å². The number of alkyl halides is 5. The Labute approximate surface area is 365 Å². The number of piperazine rings is 1. The van der Waals surface area contributed by atoms with Gasteiger partial charge in [0.15, 0.2) is 23.0 Å². The molecule has 1 aliphatic carbocycles. The number of hydrogen-bond acceptors (Lipinski definition) is 11. The number of urea groups is 1. The van der Waals surface area contributed by atoms with E-state index in [1.807, 2.05) is 5.32 Å². The van der Waals surface area contributed by atoms with Crippen molar-refractivity contribution < 1.29 is 54.3 Å². The lowest BCUT2D eigenvalue weighted by atomic mass is 9.88. The highest BCUT2D eigenvalue weighted by molar-refractivity contribution is 6.06. The quantitative estimate of drug-likeness (QED) is 0.114. The van der Waals surface area contributed by atoms with Gasteiger partial charge in [-0.05, 0) is 49.9 Å². The number of carbonyl (C=O) groups is 4. The number of aromatic nitrogens is 4. The average molecular weight is 915 g/mol. The molecule has 5 amide bonds. The third kappa shape index (κ3) is 9.83. The number of amides is 5. The summed E-state index contributed by atoms with van der Waals surface area (Å²) in [6.45, 7) is 7.91. The van der Waals surface area contributed by atoms with Crippen molar-refractivity contribution in [1.82, 2.24) is 34.9 Å². The summed E-state index contributed by atoms with van der Waals surface area (Å²) in [5, 5.41) is 10.7. The van der Waals surface area contributed by atoms with Gasteiger partial charge in [0.2, 0.25) is 24.2 Å². The van der Waals surface area contributed by atoms with Crippen LogP contribution in [0.1, 0.15) is 60.8 Å². The minimum atomic E-state index is -4.48. The van der Waals surface area contributed by atoms with Crippen LogP contribution in [-0.4, -0.2) is 124 Å². The maximum absolute atomic E-state index is 15.1. The Morgan fingerprint density at radius 3 is 2.40 bits per heavy atom. The summed E-state index contributed by atoms with van der Waals surface area (Å²) in [6.07, 6.45) is -1.68. The topological polar surface area (TPSA) is 178 Å². The summed E-state index contributed by atoms with van der Waals surface area (Å²) in [5.74, 6) is -4.16. The Morgan fingerprint density at radius 1 is 1.00 bits per heavy atom. The van der Waals surface area contributed by atoms with Crippen molar-refractivity contribution in [1.29, 1.82) is 0 Å². The second-order valence-corrected chi connectivity index (χ2v) is 16.2. The molecule has 4 aromatic rings. The lowest BCUT2D eigenvalue weighted by Crippen LogP contribution is -2.62. The van der Waals surface area contributed by atoms with Gasteiger partial charge < -0.3 is 29.7 Å². The molecule has 0 spiro atoms. The van der Waals surface area contributed by atoms with Crippen LogP contribution >= 0.6 is 0 Å². The van der Waals surface area contributed by atoms with Crippen LogP contribution in [0.4, 0.5) is 58.4 Å². The van der Waals surface area contributed by atoms with Crippen LogP contribution in [0.15, 0.2) is 47.3 Å². The summed E-state index contributed by atoms with van der Waals surface area (Å²) in [4.78, 5) is 68.4. The van der Waals surface area contributed by atoms with Gasteiger partial charge in [0, 0.05) is 75.4 Å². The SMILES string of the molecule is [C-]#[N+]C[C@H]1CN(C(=O)C2CN(c3cc(F)c(N4CCC(=O)NC4=O)c(F)c3)C2)CCN1C1CCC(n2cc(NC(=O)c3coc(-c4ccnc(NCC(F)(F)F)c4)n3)c(C(F)F)n2)CC1. The summed E-state index contributed by atoms with van der Waals surface area (Å²) < 4.78 is 103. The lowest BCUT2D eigenvalue weighted by Gasteiger charge is -2.48. The van der Waals surface area contributed by atoms with Crippen molar-refractivity contribution in [2.45, 2.75) is 62.8 Å². The molecular formula is C41H41F7N12O5. The predicted molar refractivity (Wildman–Crippen MR) is 217 cm³/mol. The van der Waals surface area contributed by atoms with Crippen LogP contribution in [0.2, 0.25) is 0 Å². The second kappa shape index (κ2) is 18.4. The van der Waals surface area contributed by atoms with Gasteiger partial charge in [-0.1, -0.05) is 0 Å². The molecule has 4 aliphatic rings. The first kappa shape index (κ1) is 44.8. The molecule has 3 N–H and O–H groups in total. The number of pyridine rings is 1. The van der Waals surface area contributed by atoms with Crippen molar-refractivity contribution in [3.8, 4) is 11.5 Å². The van der Waals surface area contributed by atoms with Gasteiger partial charge in [0.1, 0.15) is 30.4 Å². The number of nitrogens with zero attached hydrogens (tertiary/aromatic N) is 9. The van der Waals surface area contributed by atoms with E-state index < -0.39 is 65.9 Å². The summed E-state index contributed by atoms with van der Waals surface area (Å²) in [7, 11) is 0. The molecule has 8 rings (SSSR count). The van der Waals surface area contributed by atoms with Crippen molar-refractivity contribution in [2.75, 3.05) is 72.8 Å². The van der Waals surface area contributed by atoms with Gasteiger partial charge in [0.25, 0.3) is 12.3 Å². The van der Waals surface area contributed by atoms with Gasteiger partial charge in [-0.2, -0.15) is 18.3 Å². The summed E-state index contributed by atoms with van der Waals surface area (Å²) in [6, 6.07) is 3.43. The number of rotatable bonds is 12. The minimum Gasteiger partial charge on any atom is -0.444 e. The van der Waals surface area contributed by atoms with Crippen molar-refractivity contribution >= 4 is 46.6 Å². The zero-order chi connectivity index (χ0) is 46.2. The molecule has 65 heavy (non-hydrogen) atoms. The van der Waals surface area contributed by atoms with Crippen molar-refractivity contribution in [3.63, 3.8) is 0 Å². The number of imide groups is 1. The molecule has 17 nitrogen and oxygen atoms in total. The van der Waals surface area contributed by atoms with E-state index in [1.165, 1.54) is 29.2 Å². The number of hydrogen-bond donors (Lipinski definition) is 3. The number of anilines is 4. The molecule has 3 aliphatic heterocycles. The molecule has 4 fully saturated rings. The number of nitrogens with one attached hydrogen (secondary N) is 3. The van der Waals surface area contributed by atoms with Crippen LogP contribution in [0, 0.1) is 24.1 Å². The highest BCUT2D eigenvalue weighted by atomic mass is 19.4. The number of halogens is 7. The van der Waals surface area contributed by atoms with Crippen LogP contribution in [-0.2, 0) is 9.59 Å². The van der Waals surface area contributed by atoms with Crippen molar-refractivity contribution in [3.05, 3.63) is 77.4 Å². The largest absolute Gasteiger partial charge is 0.444 e. The predicted octanol–water partition coefficient (Wildman–Crippen LogP) is 5.87. The maximum atomic E-state index is 15.1. The average Bonchev–Trinajstić information content (AvgIpc) is 3.92. The molecular weight excluding hydrogens is 874 g/mol. The van der Waals surface area contributed by atoms with E-state index in [9.17, 15) is 41.1 Å². The Balaban J connectivity index is 0.840. The van der Waals surface area contributed by atoms with E-state index in [-0.39, 0.29) is 91.0 Å². The molecule has 1 aromatic carbocycles. The maximum Gasteiger partial charge on any atom is 0.405 e. The molecule has 1 atom stereocenters. The van der Waals surface area contributed by atoms with Gasteiger partial charge in [-0.25, -0.2) is 38.9 Å². The molecule has 0 bridgehead atoms. The monoisotopic (exact) mass is 914 g/mol. The first-order chi connectivity index (χ1) is 31.0. The van der Waals surface area contributed by atoms with E-state index >= 15 is 8.78 Å². The standard InChI is InChI=1S/C41H41F7N12O5/c1-49-15-27-18-56(39(63)23-16-57(17-23)26-13-28(42)35(29(43)14-26)59-9-7-33(61)54-40(59)64)10-11-58(27)24-2-4-25(5-3-24)60-19-30(34(55-60)36(44)45)52-37(62)31-20-65-38(53-31)22-6-8-50-32(12-22)51-21-41(46,47)48/h6,8,12-14,19-20,23-25,27,36H,2-5,7,9-11,15-18,21H2,(H,50,51)(H,52,62)(H,54,61,64)/t24?,25?,27-/m0/s1. The molecule has 24 heteroatoms. The fourth-order valence-electron chi connectivity index (χ4n) is 8.74. The highest BCUT2D eigenvalue weighted by Crippen LogP contribution is 2.37. The van der Waals surface area contributed by atoms with Gasteiger partial charge in [0.05, 0.1) is 17.6 Å². The second-order valence-electron chi connectivity index (χ2n) is 16.2. The van der Waals surface area contributed by atoms with E-state index in [0.29, 0.717) is 45.3 Å². The molecule has 3 aromatic heterocycles. The molecule has 3 saturated heterocycles. The Kier molecular flexibility index (Phi) is 12.7. The van der Waals surface area contributed by atoms with Gasteiger partial charge >= 0.3 is 12.2 Å². The molecule has 0 radical (unpaired) electrons. The minimum absolute atomic E-state index is 0.0428. The van der Waals surface area contributed by atoms with Gasteiger partial charge in [-0.3, -0.25) is 34.2 Å². The van der Waals surface area contributed by atoms with Crippen LogP contribution in [0.25, 0.3) is 16.3 Å². The van der Waals surface area contributed by atoms with Crippen LogP contribution in [0.5, 0.6) is 0 Å². The fraction of sp³-hybridized carbons (Fsp3) is 0.463. The van der Waals surface area contributed by atoms with E-state index in [2.05, 4.69) is 35.4 Å². The normalized spacial score (nSPS) is 21.0. The molecule has 0 unspecified atom stereocenters. The zero-order valence-corrected chi connectivity index (χ0v) is 34.3. The third-order valence-electron chi connectivity index (χ3n) is 12.0. The summed E-state index contributed by atoms with van der Waals surface area (Å²) in [5.41, 5.74) is -1.29. The van der Waals surface area contributed by atoms with E-state index in [0.717, 1.165) is 23.3 Å². The Morgan fingerprint density at radius 2 is 1.72 bits per heavy atom. The lowest BCUT2D eigenvalue weighted by molar-refractivity contribution is -0.140. The van der Waals surface area contributed by atoms with Crippen LogP contribution < -0.4 is 25.8 Å². The third-order valence-corrected chi connectivity index (χ3v) is 12.0. The number of carbonyl (C=O) groups excluding carboxylic acids is 4. The molecule has 1 saturated carbocycles. The zero-order valence-electron chi connectivity index (χ0n) is 34.3. The number of benzene rings is 1. The first-order valence-corrected chi connectivity index (χ1v) is 20.7. The molecule has 344 valence electrons. The highest BCUT2D eigenvalue weighted by Gasteiger charge is 2.42. The first-order valence-electron chi connectivity index (χ1n) is 20.7. The smallest absolute Gasteiger partial charge is 0.405 e. The fourth-order valence-corrected chi connectivity index (χ4v) is 8.74. The summed E-state index contributed by atoms with van der Waals surface area (Å²) >= 11 is 0. The van der Waals surface area contributed by atoms with E-state index in [1.54, 1.807) is 9.80 Å². The van der Waals surface area contributed by atoms with Crippen molar-refractivity contribution in [2.24, 2.45) is 5.92 Å². The number of oxazole rings is 1. The Bertz CT molecular complexity index is 2470. The van der Waals surface area contributed by atoms with Crippen LogP contribution in [0.3, 0.4) is 0 Å². The molecule has 6 heterocycles. The Hall–Kier alpha value is -6.77. The van der Waals surface area contributed by atoms with Gasteiger partial charge in [-0.15, -0.1) is 0 Å².